The van der Waals surface area contributed by atoms with E-state index in [2.05, 4.69) is 15.4 Å². The number of nitrogens with one attached hydrogen (secondary N) is 1. The van der Waals surface area contributed by atoms with E-state index in [1.54, 1.807) is 30.7 Å². The van der Waals surface area contributed by atoms with Gasteiger partial charge in [-0.05, 0) is 49.7 Å². The summed E-state index contributed by atoms with van der Waals surface area (Å²) in [4.78, 5) is 16.8. The Bertz CT molecular complexity index is 1420. The van der Waals surface area contributed by atoms with Crippen molar-refractivity contribution in [3.8, 4) is 0 Å². The zero-order chi connectivity index (χ0) is 24.8. The number of hydrogen-bond acceptors (Lipinski definition) is 3. The minimum Gasteiger partial charge on any atom is -0.319 e. The number of amides is 1. The molecule has 4 rings (SSSR count). The van der Waals surface area contributed by atoms with Crippen LogP contribution in [-0.4, -0.2) is 20.7 Å². The Morgan fingerprint density at radius 2 is 1.76 bits per heavy atom. The number of fused-ring (bicyclic) bond motifs is 1. The third-order valence-corrected chi connectivity index (χ3v) is 6.07. The molecule has 4 aromatic rings. The van der Waals surface area contributed by atoms with Gasteiger partial charge in [-0.2, -0.15) is 18.3 Å². The van der Waals surface area contributed by atoms with Crippen molar-refractivity contribution in [1.29, 1.82) is 0 Å². The molecular formula is C23H16Cl2F4N4O. The van der Waals surface area contributed by atoms with Gasteiger partial charge in [0, 0.05) is 5.39 Å². The number of rotatable bonds is 4. The second-order valence-corrected chi connectivity index (χ2v) is 8.38. The summed E-state index contributed by atoms with van der Waals surface area (Å²) in [6.07, 6.45) is -4.78. The van der Waals surface area contributed by atoms with Gasteiger partial charge in [-0.15, -0.1) is 0 Å². The van der Waals surface area contributed by atoms with E-state index in [1.165, 1.54) is 24.3 Å². The van der Waals surface area contributed by atoms with E-state index in [-0.39, 0.29) is 32.3 Å². The Morgan fingerprint density at radius 3 is 2.41 bits per heavy atom. The third-order valence-electron chi connectivity index (χ3n) is 5.26. The predicted octanol–water partition coefficient (Wildman–Crippen LogP) is 6.81. The lowest BCUT2D eigenvalue weighted by Crippen LogP contribution is -2.17. The van der Waals surface area contributed by atoms with Gasteiger partial charge in [-0.1, -0.05) is 35.3 Å². The normalized spacial score (nSPS) is 11.8. The molecule has 2 aromatic carbocycles. The molecule has 1 amide bonds. The van der Waals surface area contributed by atoms with Crippen LogP contribution in [-0.2, 0) is 12.7 Å². The van der Waals surface area contributed by atoms with Crippen LogP contribution in [0.1, 0.15) is 33.0 Å². The average molecular weight is 511 g/mol. The molecule has 0 fully saturated rings. The summed E-state index contributed by atoms with van der Waals surface area (Å²) in [6, 6.07) is 9.10. The maximum atomic E-state index is 13.4. The Morgan fingerprint density at radius 1 is 1.09 bits per heavy atom. The van der Waals surface area contributed by atoms with E-state index in [0.29, 0.717) is 29.7 Å². The predicted molar refractivity (Wildman–Crippen MR) is 122 cm³/mol. The summed E-state index contributed by atoms with van der Waals surface area (Å²) in [5.74, 6) is -1.19. The zero-order valence-corrected chi connectivity index (χ0v) is 19.3. The number of halogens is 6. The van der Waals surface area contributed by atoms with Crippen molar-refractivity contribution < 1.29 is 22.4 Å². The van der Waals surface area contributed by atoms with Gasteiger partial charge in [-0.3, -0.25) is 9.48 Å². The lowest BCUT2D eigenvalue weighted by molar-refractivity contribution is -0.140. The van der Waals surface area contributed by atoms with Crippen molar-refractivity contribution in [2.24, 2.45) is 0 Å². The van der Waals surface area contributed by atoms with Crippen molar-refractivity contribution in [3.63, 3.8) is 0 Å². The first-order valence-electron chi connectivity index (χ1n) is 9.91. The smallest absolute Gasteiger partial charge is 0.319 e. The first-order valence-corrected chi connectivity index (χ1v) is 10.7. The standard InChI is InChI=1S/C23H16Cl2F4N4O/c1-11-21(12(2)33(32-11)10-13-3-5-14(26)6-4-13)31-22(34)15-9-18(23(27,28)29)30-17-8-7-16(24)20(25)19(15)17/h3-9H,10H2,1-2H3,(H,31,34). The highest BCUT2D eigenvalue weighted by Gasteiger charge is 2.34. The summed E-state index contributed by atoms with van der Waals surface area (Å²) in [5, 5.41) is 7.05. The van der Waals surface area contributed by atoms with Crippen molar-refractivity contribution in [2.45, 2.75) is 26.6 Å². The number of nitrogens with zero attached hydrogens (tertiary/aromatic N) is 3. The second-order valence-electron chi connectivity index (χ2n) is 7.59. The van der Waals surface area contributed by atoms with Crippen molar-refractivity contribution in [2.75, 3.05) is 5.32 Å². The van der Waals surface area contributed by atoms with E-state index in [9.17, 15) is 22.4 Å². The highest BCUT2D eigenvalue weighted by atomic mass is 35.5. The van der Waals surface area contributed by atoms with Gasteiger partial charge < -0.3 is 5.32 Å². The maximum absolute atomic E-state index is 13.4. The fourth-order valence-electron chi connectivity index (χ4n) is 3.56. The summed E-state index contributed by atoms with van der Waals surface area (Å²) >= 11 is 12.3. The molecule has 0 radical (unpaired) electrons. The van der Waals surface area contributed by atoms with Crippen molar-refractivity contribution >= 4 is 45.7 Å². The van der Waals surface area contributed by atoms with Crippen LogP contribution in [0.4, 0.5) is 23.2 Å². The molecule has 0 aliphatic rings. The van der Waals surface area contributed by atoms with E-state index in [4.69, 9.17) is 23.2 Å². The number of hydrogen-bond donors (Lipinski definition) is 1. The summed E-state index contributed by atoms with van der Waals surface area (Å²) in [5.41, 5.74) is 0.457. The highest BCUT2D eigenvalue weighted by Crippen LogP contribution is 2.37. The van der Waals surface area contributed by atoms with Gasteiger partial charge in [0.15, 0.2) is 0 Å². The van der Waals surface area contributed by atoms with Crippen LogP contribution < -0.4 is 5.32 Å². The van der Waals surface area contributed by atoms with Gasteiger partial charge in [0.1, 0.15) is 11.5 Å². The molecule has 0 bridgehead atoms. The molecule has 0 unspecified atom stereocenters. The van der Waals surface area contributed by atoms with E-state index >= 15 is 0 Å². The lowest BCUT2D eigenvalue weighted by atomic mass is 10.1. The molecule has 34 heavy (non-hydrogen) atoms. The summed E-state index contributed by atoms with van der Waals surface area (Å²) in [6.45, 7) is 3.66. The van der Waals surface area contributed by atoms with E-state index < -0.39 is 17.8 Å². The summed E-state index contributed by atoms with van der Waals surface area (Å²) < 4.78 is 55.1. The molecule has 0 spiro atoms. The molecule has 0 atom stereocenters. The zero-order valence-electron chi connectivity index (χ0n) is 17.8. The molecule has 0 aliphatic heterocycles. The van der Waals surface area contributed by atoms with Gasteiger partial charge in [-0.25, -0.2) is 9.37 Å². The van der Waals surface area contributed by atoms with E-state index in [0.717, 1.165) is 5.56 Å². The SMILES string of the molecule is Cc1nn(Cc2ccc(F)cc2)c(C)c1NC(=O)c1cc(C(F)(F)F)nc2ccc(Cl)c(Cl)c12. The van der Waals surface area contributed by atoms with E-state index in [1.807, 2.05) is 0 Å². The molecular weight excluding hydrogens is 495 g/mol. The number of aryl methyl sites for hydroxylation is 1. The van der Waals surface area contributed by atoms with Crippen LogP contribution in [0, 0.1) is 19.7 Å². The number of carbonyl (C=O) groups is 1. The monoisotopic (exact) mass is 510 g/mol. The number of carbonyl (C=O) groups excluding carboxylic acids is 1. The molecule has 0 saturated heterocycles. The molecule has 0 saturated carbocycles. The first-order chi connectivity index (χ1) is 16.0. The minimum absolute atomic E-state index is 0.00803. The van der Waals surface area contributed by atoms with Crippen LogP contribution >= 0.6 is 23.2 Å². The highest BCUT2D eigenvalue weighted by molar-refractivity contribution is 6.46. The second kappa shape index (κ2) is 8.88. The Labute approximate surface area is 201 Å². The fraction of sp³-hybridized carbons (Fsp3) is 0.174. The van der Waals surface area contributed by atoms with Crippen molar-refractivity contribution in [3.05, 3.63) is 86.5 Å². The largest absolute Gasteiger partial charge is 0.433 e. The van der Waals surface area contributed by atoms with Crippen LogP contribution in [0.3, 0.4) is 0 Å². The molecule has 1 N–H and O–H groups in total. The number of benzene rings is 2. The van der Waals surface area contributed by atoms with Crippen LogP contribution in [0.2, 0.25) is 10.0 Å². The minimum atomic E-state index is -4.78. The maximum Gasteiger partial charge on any atom is 0.433 e. The van der Waals surface area contributed by atoms with Crippen LogP contribution in [0.15, 0.2) is 42.5 Å². The molecule has 2 aromatic heterocycles. The van der Waals surface area contributed by atoms with Gasteiger partial charge in [0.2, 0.25) is 0 Å². The lowest BCUT2D eigenvalue weighted by Gasteiger charge is -2.14. The molecule has 5 nitrogen and oxygen atoms in total. The molecule has 176 valence electrons. The topological polar surface area (TPSA) is 59.8 Å². The van der Waals surface area contributed by atoms with Crippen LogP contribution in [0.25, 0.3) is 10.9 Å². The fourth-order valence-corrected chi connectivity index (χ4v) is 3.98. The van der Waals surface area contributed by atoms with Gasteiger partial charge in [0.25, 0.3) is 5.91 Å². The number of alkyl halides is 3. The van der Waals surface area contributed by atoms with Gasteiger partial charge >= 0.3 is 6.18 Å². The molecule has 2 heterocycles. The Kier molecular flexibility index (Phi) is 6.26. The number of aromatic nitrogens is 3. The Hall–Kier alpha value is -3.17. The Balaban J connectivity index is 1.74. The first kappa shape index (κ1) is 24.0. The quantitative estimate of drug-likeness (QED) is 0.306. The van der Waals surface area contributed by atoms with Crippen LogP contribution in [0.5, 0.6) is 0 Å². The number of pyridine rings is 1. The molecule has 11 heteroatoms. The molecule has 0 aliphatic carbocycles. The van der Waals surface area contributed by atoms with Gasteiger partial charge in [0.05, 0.1) is 44.7 Å². The average Bonchev–Trinajstić information content (AvgIpc) is 3.03. The third kappa shape index (κ3) is 4.58. The summed E-state index contributed by atoms with van der Waals surface area (Å²) in [7, 11) is 0. The van der Waals surface area contributed by atoms with Crippen molar-refractivity contribution in [1.82, 2.24) is 14.8 Å². The number of anilines is 1.